The number of piperidine rings is 1. The molecule has 88 valence electrons. The lowest BCUT2D eigenvalue weighted by molar-refractivity contribution is 0.111. The van der Waals surface area contributed by atoms with E-state index in [-0.39, 0.29) is 0 Å². The van der Waals surface area contributed by atoms with Gasteiger partial charge in [0.25, 0.3) is 0 Å². The maximum Gasteiger partial charge on any atom is 0.0112 e. The SMILES string of the molecule is CN1CCC2CCC(CCN)CN2CC1. The summed E-state index contributed by atoms with van der Waals surface area (Å²) in [5.74, 6) is 0.870. The van der Waals surface area contributed by atoms with Gasteiger partial charge in [0.05, 0.1) is 0 Å². The molecule has 0 amide bonds. The Morgan fingerprint density at radius 2 is 2.00 bits per heavy atom. The van der Waals surface area contributed by atoms with Crippen molar-refractivity contribution >= 4 is 0 Å². The average Bonchev–Trinajstić information content (AvgIpc) is 2.42. The van der Waals surface area contributed by atoms with E-state index in [0.29, 0.717) is 0 Å². The smallest absolute Gasteiger partial charge is 0.0112 e. The van der Waals surface area contributed by atoms with E-state index in [1.54, 1.807) is 0 Å². The molecule has 0 aromatic carbocycles. The molecule has 0 aromatic heterocycles. The highest BCUT2D eigenvalue weighted by atomic mass is 15.2. The summed E-state index contributed by atoms with van der Waals surface area (Å²) in [5, 5.41) is 0. The number of nitrogens with zero attached hydrogens (tertiary/aromatic N) is 2. The molecule has 0 radical (unpaired) electrons. The molecule has 3 nitrogen and oxygen atoms in total. The van der Waals surface area contributed by atoms with Gasteiger partial charge in [0.15, 0.2) is 0 Å². The number of hydrogen-bond acceptors (Lipinski definition) is 3. The van der Waals surface area contributed by atoms with Gasteiger partial charge < -0.3 is 10.6 Å². The topological polar surface area (TPSA) is 32.5 Å². The highest BCUT2D eigenvalue weighted by molar-refractivity contribution is 4.84. The minimum absolute atomic E-state index is 0.864. The molecule has 2 aliphatic heterocycles. The summed E-state index contributed by atoms with van der Waals surface area (Å²) in [6.45, 7) is 5.95. The summed E-state index contributed by atoms with van der Waals surface area (Å²) >= 11 is 0. The number of nitrogens with two attached hydrogens (primary N) is 1. The monoisotopic (exact) mass is 211 g/mol. The Morgan fingerprint density at radius 3 is 2.80 bits per heavy atom. The molecule has 3 heteroatoms. The van der Waals surface area contributed by atoms with Crippen molar-refractivity contribution in [3.8, 4) is 0 Å². The maximum absolute atomic E-state index is 5.65. The Balaban J connectivity index is 1.88. The Kier molecular flexibility index (Phi) is 4.00. The van der Waals surface area contributed by atoms with Crippen molar-refractivity contribution in [3.05, 3.63) is 0 Å². The molecule has 2 rings (SSSR count). The summed E-state index contributed by atoms with van der Waals surface area (Å²) in [4.78, 5) is 5.18. The first-order chi connectivity index (χ1) is 7.29. The molecule has 15 heavy (non-hydrogen) atoms. The van der Waals surface area contributed by atoms with Crippen LogP contribution in [0.25, 0.3) is 0 Å². The van der Waals surface area contributed by atoms with Crippen LogP contribution < -0.4 is 5.73 Å². The fraction of sp³-hybridized carbons (Fsp3) is 1.00. The van der Waals surface area contributed by atoms with Gasteiger partial charge in [-0.3, -0.25) is 4.90 Å². The van der Waals surface area contributed by atoms with Gasteiger partial charge in [0, 0.05) is 25.7 Å². The molecule has 2 N–H and O–H groups in total. The van der Waals surface area contributed by atoms with E-state index in [1.165, 1.54) is 51.9 Å². The average molecular weight is 211 g/mol. The number of hydrogen-bond donors (Lipinski definition) is 1. The van der Waals surface area contributed by atoms with E-state index in [9.17, 15) is 0 Å². The maximum atomic E-state index is 5.65. The van der Waals surface area contributed by atoms with E-state index in [0.717, 1.165) is 18.5 Å². The molecular weight excluding hydrogens is 186 g/mol. The zero-order valence-electron chi connectivity index (χ0n) is 9.99. The van der Waals surface area contributed by atoms with E-state index in [4.69, 9.17) is 5.73 Å². The van der Waals surface area contributed by atoms with Gasteiger partial charge >= 0.3 is 0 Å². The number of fused-ring (bicyclic) bond motifs is 1. The third kappa shape index (κ3) is 2.92. The summed E-state index contributed by atoms with van der Waals surface area (Å²) in [6, 6.07) is 0.865. The normalized spacial score (nSPS) is 34.8. The van der Waals surface area contributed by atoms with Crippen molar-refractivity contribution < 1.29 is 0 Å². The Bertz CT molecular complexity index is 195. The van der Waals surface area contributed by atoms with Crippen LogP contribution >= 0.6 is 0 Å². The molecule has 0 spiro atoms. The summed E-state index contributed by atoms with van der Waals surface area (Å²) < 4.78 is 0. The second kappa shape index (κ2) is 5.28. The number of rotatable bonds is 2. The van der Waals surface area contributed by atoms with Crippen molar-refractivity contribution in [2.45, 2.75) is 31.7 Å². The van der Waals surface area contributed by atoms with Crippen LogP contribution in [0, 0.1) is 5.92 Å². The molecule has 2 saturated heterocycles. The highest BCUT2D eigenvalue weighted by Gasteiger charge is 2.29. The number of likely N-dealkylation sites (N-methyl/N-ethyl adjacent to an activating group) is 1. The lowest BCUT2D eigenvalue weighted by Crippen LogP contribution is -2.44. The molecule has 0 saturated carbocycles. The molecule has 2 unspecified atom stereocenters. The first-order valence-corrected chi connectivity index (χ1v) is 6.42. The van der Waals surface area contributed by atoms with Gasteiger partial charge in [-0.25, -0.2) is 0 Å². The predicted molar refractivity (Wildman–Crippen MR) is 63.9 cm³/mol. The van der Waals surface area contributed by atoms with E-state index >= 15 is 0 Å². The van der Waals surface area contributed by atoms with Gasteiger partial charge in [-0.1, -0.05) is 0 Å². The largest absolute Gasteiger partial charge is 0.330 e. The fourth-order valence-corrected chi connectivity index (χ4v) is 3.04. The van der Waals surface area contributed by atoms with Gasteiger partial charge in [-0.15, -0.1) is 0 Å². The first-order valence-electron chi connectivity index (χ1n) is 6.42. The minimum atomic E-state index is 0.864. The van der Waals surface area contributed by atoms with Crippen LogP contribution in [0.1, 0.15) is 25.7 Å². The first kappa shape index (κ1) is 11.4. The lowest BCUT2D eigenvalue weighted by Gasteiger charge is -2.38. The summed E-state index contributed by atoms with van der Waals surface area (Å²) in [7, 11) is 2.25. The van der Waals surface area contributed by atoms with E-state index in [2.05, 4.69) is 16.8 Å². The Morgan fingerprint density at radius 1 is 1.13 bits per heavy atom. The van der Waals surface area contributed by atoms with Crippen molar-refractivity contribution in [3.63, 3.8) is 0 Å². The van der Waals surface area contributed by atoms with Crippen LogP contribution in [-0.2, 0) is 0 Å². The van der Waals surface area contributed by atoms with Crippen molar-refractivity contribution in [2.24, 2.45) is 11.7 Å². The van der Waals surface area contributed by atoms with Crippen LogP contribution in [0.3, 0.4) is 0 Å². The van der Waals surface area contributed by atoms with E-state index < -0.39 is 0 Å². The highest BCUT2D eigenvalue weighted by Crippen LogP contribution is 2.26. The van der Waals surface area contributed by atoms with Crippen LogP contribution in [0.5, 0.6) is 0 Å². The molecule has 0 bridgehead atoms. The molecule has 2 aliphatic rings. The zero-order chi connectivity index (χ0) is 10.7. The fourth-order valence-electron chi connectivity index (χ4n) is 3.04. The Hall–Kier alpha value is -0.120. The lowest BCUT2D eigenvalue weighted by atomic mass is 9.89. The van der Waals surface area contributed by atoms with Crippen LogP contribution in [0.15, 0.2) is 0 Å². The van der Waals surface area contributed by atoms with Crippen molar-refractivity contribution in [2.75, 3.05) is 39.8 Å². The van der Waals surface area contributed by atoms with Crippen LogP contribution in [0.4, 0.5) is 0 Å². The van der Waals surface area contributed by atoms with Gasteiger partial charge in [0.2, 0.25) is 0 Å². The molecule has 2 heterocycles. The van der Waals surface area contributed by atoms with Gasteiger partial charge in [0.1, 0.15) is 0 Å². The zero-order valence-corrected chi connectivity index (χ0v) is 9.99. The molecule has 0 aliphatic carbocycles. The van der Waals surface area contributed by atoms with Crippen LogP contribution in [0.2, 0.25) is 0 Å². The van der Waals surface area contributed by atoms with Crippen molar-refractivity contribution in [1.82, 2.24) is 9.80 Å². The molecular formula is C12H25N3. The van der Waals surface area contributed by atoms with Crippen LogP contribution in [-0.4, -0.2) is 55.6 Å². The third-order valence-electron chi connectivity index (χ3n) is 4.11. The second-order valence-electron chi connectivity index (χ2n) is 5.26. The third-order valence-corrected chi connectivity index (χ3v) is 4.11. The van der Waals surface area contributed by atoms with Gasteiger partial charge in [-0.05, 0) is 51.7 Å². The Labute approximate surface area is 93.6 Å². The molecule has 0 aromatic rings. The van der Waals surface area contributed by atoms with E-state index in [1.807, 2.05) is 0 Å². The molecule has 2 atom stereocenters. The molecule has 2 fully saturated rings. The summed E-state index contributed by atoms with van der Waals surface area (Å²) in [6.07, 6.45) is 5.39. The predicted octanol–water partition coefficient (Wildman–Crippen LogP) is 0.751. The second-order valence-corrected chi connectivity index (χ2v) is 5.26. The summed E-state index contributed by atoms with van der Waals surface area (Å²) in [5.41, 5.74) is 5.65. The minimum Gasteiger partial charge on any atom is -0.330 e. The standard InChI is InChI=1S/C12H25N3/c1-14-7-5-12-3-2-11(4-6-13)10-15(12)9-8-14/h11-12H,2-10,13H2,1H3. The van der Waals surface area contributed by atoms with Gasteiger partial charge in [-0.2, -0.15) is 0 Å². The quantitative estimate of drug-likeness (QED) is 0.731. The van der Waals surface area contributed by atoms with Crippen molar-refractivity contribution in [1.29, 1.82) is 0 Å².